The molecular weight excluding hydrogens is 395 g/mol. The first-order valence-electron chi connectivity index (χ1n) is 6.50. The minimum Gasteiger partial charge on any atom is -0.465 e. The molecule has 7 nitrogen and oxygen atoms in total. The Labute approximate surface area is 140 Å². The average Bonchev–Trinajstić information content (AvgIpc) is 2.78. The summed E-state index contributed by atoms with van der Waals surface area (Å²) in [6.07, 6.45) is -0.0596. The second-order valence-electron chi connectivity index (χ2n) is 5.18. The number of esters is 1. The smallest absolute Gasteiger partial charge is 0.340 e. The van der Waals surface area contributed by atoms with Gasteiger partial charge in [0.15, 0.2) is 5.82 Å². The first kappa shape index (κ1) is 17.8. The van der Waals surface area contributed by atoms with Crippen LogP contribution in [0.3, 0.4) is 0 Å². The highest BCUT2D eigenvalue weighted by molar-refractivity contribution is 9.10. The number of benzene rings is 1. The van der Waals surface area contributed by atoms with Gasteiger partial charge in [-0.05, 0) is 12.1 Å². The Balaban J connectivity index is 2.37. The van der Waals surface area contributed by atoms with E-state index in [9.17, 15) is 22.4 Å². The molecule has 1 heterocycles. The molecule has 1 aliphatic rings. The number of methoxy groups -OCH3 is 1. The number of sulfonamides is 1. The third kappa shape index (κ3) is 4.06. The first-order chi connectivity index (χ1) is 10.6. The van der Waals surface area contributed by atoms with E-state index >= 15 is 0 Å². The third-order valence-electron chi connectivity index (χ3n) is 3.39. The Bertz CT molecular complexity index is 768. The monoisotopic (exact) mass is 408 g/mol. The molecule has 0 bridgehead atoms. The van der Waals surface area contributed by atoms with Gasteiger partial charge >= 0.3 is 5.97 Å². The number of halogens is 2. The summed E-state index contributed by atoms with van der Waals surface area (Å²) >= 11 is 3.15. The molecule has 2 N–H and O–H groups in total. The molecule has 2 rings (SSSR count). The maximum absolute atomic E-state index is 14.5. The maximum atomic E-state index is 14.5. The minimum absolute atomic E-state index is 0.00322. The number of hydrogen-bond acceptors (Lipinski definition) is 5. The standard InChI is InChI=1S/C13H14BrFN2O5S/c1-22-13(19)9-3-8(14)4-10(12(9)15)17-5-7(2-11(17)18)6-23(16,20)21/h3-4,7H,2,5-6H2,1H3,(H2,16,20,21). The molecular formula is C13H14BrFN2O5S. The number of anilines is 1. The SMILES string of the molecule is COC(=O)c1cc(Br)cc(N2CC(CS(N)(=O)=O)CC2=O)c1F. The van der Waals surface area contributed by atoms with Crippen molar-refractivity contribution in [1.82, 2.24) is 0 Å². The number of hydrogen-bond donors (Lipinski definition) is 1. The second-order valence-corrected chi connectivity index (χ2v) is 7.76. The first-order valence-corrected chi connectivity index (χ1v) is 9.01. The van der Waals surface area contributed by atoms with E-state index in [0.29, 0.717) is 4.47 Å². The molecule has 0 aliphatic carbocycles. The number of ether oxygens (including phenoxy) is 1. The summed E-state index contributed by atoms with van der Waals surface area (Å²) in [6.45, 7) is 0.00322. The van der Waals surface area contributed by atoms with Crippen LogP contribution in [0.1, 0.15) is 16.8 Å². The van der Waals surface area contributed by atoms with Crippen molar-refractivity contribution in [1.29, 1.82) is 0 Å². The summed E-state index contributed by atoms with van der Waals surface area (Å²) in [4.78, 5) is 24.8. The van der Waals surface area contributed by atoms with Crippen LogP contribution < -0.4 is 10.0 Å². The lowest BCUT2D eigenvalue weighted by Crippen LogP contribution is -2.28. The molecule has 1 atom stereocenters. The van der Waals surface area contributed by atoms with E-state index in [2.05, 4.69) is 20.7 Å². The number of carbonyl (C=O) groups excluding carboxylic acids is 2. The molecule has 1 amide bonds. The van der Waals surface area contributed by atoms with Crippen LogP contribution in [0.4, 0.5) is 10.1 Å². The van der Waals surface area contributed by atoms with Gasteiger partial charge in [0.2, 0.25) is 15.9 Å². The van der Waals surface area contributed by atoms with Gasteiger partial charge in [0.05, 0.1) is 24.1 Å². The zero-order chi connectivity index (χ0) is 17.4. The lowest BCUT2D eigenvalue weighted by molar-refractivity contribution is -0.117. The van der Waals surface area contributed by atoms with Crippen molar-refractivity contribution in [2.75, 3.05) is 24.3 Å². The Kier molecular flexibility index (Phi) is 5.07. The van der Waals surface area contributed by atoms with Crippen LogP contribution in [-0.2, 0) is 19.6 Å². The van der Waals surface area contributed by atoms with Crippen molar-refractivity contribution in [3.63, 3.8) is 0 Å². The van der Waals surface area contributed by atoms with Crippen molar-refractivity contribution >= 4 is 43.5 Å². The van der Waals surface area contributed by atoms with Gasteiger partial charge in [0.1, 0.15) is 0 Å². The molecule has 1 saturated heterocycles. The zero-order valence-electron chi connectivity index (χ0n) is 12.1. The summed E-state index contributed by atoms with van der Waals surface area (Å²) in [7, 11) is -2.62. The molecule has 1 aromatic rings. The van der Waals surface area contributed by atoms with E-state index in [-0.39, 0.29) is 30.0 Å². The largest absolute Gasteiger partial charge is 0.465 e. The fraction of sp³-hybridized carbons (Fsp3) is 0.385. The quantitative estimate of drug-likeness (QED) is 0.748. The van der Waals surface area contributed by atoms with Gasteiger partial charge < -0.3 is 9.64 Å². The highest BCUT2D eigenvalue weighted by Gasteiger charge is 2.35. The van der Waals surface area contributed by atoms with E-state index < -0.39 is 33.6 Å². The van der Waals surface area contributed by atoms with Crippen molar-refractivity contribution < 1.29 is 27.1 Å². The van der Waals surface area contributed by atoms with Crippen LogP contribution in [0.25, 0.3) is 0 Å². The van der Waals surface area contributed by atoms with Gasteiger partial charge in [-0.15, -0.1) is 0 Å². The Hall–Kier alpha value is -1.52. The highest BCUT2D eigenvalue weighted by Crippen LogP contribution is 2.32. The van der Waals surface area contributed by atoms with Crippen molar-refractivity contribution in [2.45, 2.75) is 6.42 Å². The summed E-state index contributed by atoms with van der Waals surface area (Å²) in [5, 5.41) is 4.98. The number of primary sulfonamides is 1. The Morgan fingerprint density at radius 3 is 2.74 bits per heavy atom. The topological polar surface area (TPSA) is 107 Å². The molecule has 1 aliphatic heterocycles. The van der Waals surface area contributed by atoms with Gasteiger partial charge in [0, 0.05) is 23.4 Å². The molecule has 1 fully saturated rings. The van der Waals surface area contributed by atoms with E-state index in [1.54, 1.807) is 0 Å². The summed E-state index contributed by atoms with van der Waals surface area (Å²) in [5.41, 5.74) is -0.429. The Morgan fingerprint density at radius 1 is 1.52 bits per heavy atom. The van der Waals surface area contributed by atoms with Crippen LogP contribution in [0.2, 0.25) is 0 Å². The summed E-state index contributed by atoms with van der Waals surface area (Å²) in [6, 6.07) is 2.59. The molecule has 10 heteroatoms. The van der Waals surface area contributed by atoms with E-state index in [0.717, 1.165) is 12.0 Å². The fourth-order valence-electron chi connectivity index (χ4n) is 2.48. The van der Waals surface area contributed by atoms with Gasteiger partial charge in [-0.2, -0.15) is 0 Å². The molecule has 0 spiro atoms. The summed E-state index contributed by atoms with van der Waals surface area (Å²) < 4.78 is 41.7. The van der Waals surface area contributed by atoms with Crippen LogP contribution in [0.5, 0.6) is 0 Å². The number of nitrogens with two attached hydrogens (primary N) is 1. The van der Waals surface area contributed by atoms with Gasteiger partial charge in [-0.1, -0.05) is 15.9 Å². The Morgan fingerprint density at radius 2 is 2.17 bits per heavy atom. The average molecular weight is 409 g/mol. The highest BCUT2D eigenvalue weighted by atomic mass is 79.9. The molecule has 0 aromatic heterocycles. The van der Waals surface area contributed by atoms with Crippen molar-refractivity contribution in [3.8, 4) is 0 Å². The van der Waals surface area contributed by atoms with Crippen LogP contribution in [0, 0.1) is 11.7 Å². The van der Waals surface area contributed by atoms with E-state index in [4.69, 9.17) is 5.14 Å². The van der Waals surface area contributed by atoms with Gasteiger partial charge in [0.25, 0.3) is 0 Å². The lowest BCUT2D eigenvalue weighted by atomic mass is 10.1. The fourth-order valence-corrected chi connectivity index (χ4v) is 3.81. The maximum Gasteiger partial charge on any atom is 0.340 e. The zero-order valence-corrected chi connectivity index (χ0v) is 14.5. The minimum atomic E-state index is -3.74. The molecule has 1 aromatic carbocycles. The number of carbonyl (C=O) groups is 2. The third-order valence-corrected chi connectivity index (χ3v) is 4.78. The van der Waals surface area contributed by atoms with Crippen LogP contribution in [-0.4, -0.2) is 39.7 Å². The second kappa shape index (κ2) is 6.54. The van der Waals surface area contributed by atoms with Crippen molar-refractivity contribution in [2.24, 2.45) is 11.1 Å². The normalized spacial score (nSPS) is 18.3. The molecule has 0 radical (unpaired) electrons. The van der Waals surface area contributed by atoms with Gasteiger partial charge in [-0.25, -0.2) is 22.7 Å². The lowest BCUT2D eigenvalue weighted by Gasteiger charge is -2.19. The molecule has 23 heavy (non-hydrogen) atoms. The number of amides is 1. The number of nitrogens with zero attached hydrogens (tertiary/aromatic N) is 1. The molecule has 1 unspecified atom stereocenters. The van der Waals surface area contributed by atoms with Crippen molar-refractivity contribution in [3.05, 3.63) is 28.0 Å². The number of rotatable bonds is 4. The molecule has 126 valence electrons. The molecule has 0 saturated carbocycles. The summed E-state index contributed by atoms with van der Waals surface area (Å²) in [5.74, 6) is -3.11. The predicted molar refractivity (Wildman–Crippen MR) is 83.9 cm³/mol. The predicted octanol–water partition coefficient (Wildman–Crippen LogP) is 1.02. The van der Waals surface area contributed by atoms with E-state index in [1.165, 1.54) is 12.1 Å². The van der Waals surface area contributed by atoms with Crippen LogP contribution >= 0.6 is 15.9 Å². The van der Waals surface area contributed by atoms with Crippen LogP contribution in [0.15, 0.2) is 16.6 Å². The van der Waals surface area contributed by atoms with Gasteiger partial charge in [-0.3, -0.25) is 4.79 Å². The van der Waals surface area contributed by atoms with E-state index in [1.807, 2.05) is 0 Å².